The van der Waals surface area contributed by atoms with Gasteiger partial charge in [-0.15, -0.1) is 0 Å². The molecule has 0 aromatic heterocycles. The summed E-state index contributed by atoms with van der Waals surface area (Å²) >= 11 is 0. The first kappa shape index (κ1) is 17.2. The van der Waals surface area contributed by atoms with E-state index >= 15 is 0 Å². The lowest BCUT2D eigenvalue weighted by Gasteiger charge is -2.48. The predicted molar refractivity (Wildman–Crippen MR) is 88.8 cm³/mol. The van der Waals surface area contributed by atoms with Crippen molar-refractivity contribution in [3.63, 3.8) is 0 Å². The average Bonchev–Trinajstić information content (AvgIpc) is 2.42. The fourth-order valence-electron chi connectivity index (χ4n) is 3.92. The minimum absolute atomic E-state index is 0.176. The lowest BCUT2D eigenvalue weighted by molar-refractivity contribution is 0.000202. The van der Waals surface area contributed by atoms with E-state index in [-0.39, 0.29) is 5.54 Å². The van der Waals surface area contributed by atoms with Gasteiger partial charge in [0.2, 0.25) is 0 Å². The van der Waals surface area contributed by atoms with E-state index in [9.17, 15) is 0 Å². The van der Waals surface area contributed by atoms with E-state index in [1.165, 1.54) is 38.9 Å². The van der Waals surface area contributed by atoms with Crippen molar-refractivity contribution in [2.24, 2.45) is 5.92 Å². The van der Waals surface area contributed by atoms with Gasteiger partial charge in [-0.2, -0.15) is 0 Å². The Balaban J connectivity index is 1.91. The van der Waals surface area contributed by atoms with Gasteiger partial charge < -0.3 is 15.0 Å². The van der Waals surface area contributed by atoms with Crippen LogP contribution in [0.15, 0.2) is 0 Å². The van der Waals surface area contributed by atoms with Crippen LogP contribution in [-0.4, -0.2) is 74.4 Å². The standard InChI is InChI=1S/C17H35N3O/c1-17(2,3)18-11-15(13-21-5)20-10-8-16-14(12-20)7-6-9-19(16)4/h14-16,18H,6-13H2,1-5H3. The Morgan fingerprint density at radius 2 is 2.00 bits per heavy atom. The smallest absolute Gasteiger partial charge is 0.0630 e. The summed E-state index contributed by atoms with van der Waals surface area (Å²) in [4.78, 5) is 5.26. The molecule has 124 valence electrons. The molecule has 0 bridgehead atoms. The molecule has 2 saturated heterocycles. The Morgan fingerprint density at radius 3 is 2.67 bits per heavy atom. The minimum Gasteiger partial charge on any atom is -0.383 e. The van der Waals surface area contributed by atoms with Gasteiger partial charge in [0.15, 0.2) is 0 Å². The summed E-state index contributed by atoms with van der Waals surface area (Å²) in [5.74, 6) is 0.853. The molecular formula is C17H35N3O. The first-order valence-electron chi connectivity index (χ1n) is 8.59. The summed E-state index contributed by atoms with van der Waals surface area (Å²) in [7, 11) is 4.13. The van der Waals surface area contributed by atoms with Crippen LogP contribution in [0.25, 0.3) is 0 Å². The van der Waals surface area contributed by atoms with Crippen LogP contribution in [-0.2, 0) is 4.74 Å². The molecule has 0 amide bonds. The summed E-state index contributed by atoms with van der Waals surface area (Å²) in [6.07, 6.45) is 4.08. The predicted octanol–water partition coefficient (Wildman–Crippen LogP) is 1.81. The molecule has 1 N–H and O–H groups in total. The second kappa shape index (κ2) is 7.40. The Morgan fingerprint density at radius 1 is 1.24 bits per heavy atom. The van der Waals surface area contributed by atoms with E-state index in [4.69, 9.17) is 4.74 Å². The summed E-state index contributed by atoms with van der Waals surface area (Å²) in [6, 6.07) is 1.32. The van der Waals surface area contributed by atoms with Gasteiger partial charge in [0, 0.05) is 44.4 Å². The summed E-state index contributed by atoms with van der Waals surface area (Å²) in [5, 5.41) is 3.65. The van der Waals surface area contributed by atoms with E-state index in [2.05, 4.69) is 42.9 Å². The van der Waals surface area contributed by atoms with Crippen LogP contribution < -0.4 is 5.32 Å². The number of piperidine rings is 2. The quantitative estimate of drug-likeness (QED) is 0.837. The van der Waals surface area contributed by atoms with E-state index in [1.807, 2.05) is 7.11 Å². The fraction of sp³-hybridized carbons (Fsp3) is 1.00. The summed E-state index contributed by atoms with van der Waals surface area (Å²) < 4.78 is 5.49. The molecule has 21 heavy (non-hydrogen) atoms. The van der Waals surface area contributed by atoms with Gasteiger partial charge in [-0.05, 0) is 59.5 Å². The normalized spacial score (nSPS) is 30.1. The van der Waals surface area contributed by atoms with Crippen molar-refractivity contribution < 1.29 is 4.74 Å². The minimum atomic E-state index is 0.176. The first-order chi connectivity index (χ1) is 9.90. The maximum absolute atomic E-state index is 5.49. The Kier molecular flexibility index (Phi) is 6.06. The molecule has 3 atom stereocenters. The molecule has 2 heterocycles. The third-order valence-electron chi connectivity index (χ3n) is 5.12. The van der Waals surface area contributed by atoms with Crippen molar-refractivity contribution in [3.05, 3.63) is 0 Å². The van der Waals surface area contributed by atoms with Gasteiger partial charge in [0.1, 0.15) is 0 Å². The largest absolute Gasteiger partial charge is 0.383 e. The molecule has 4 nitrogen and oxygen atoms in total. The van der Waals surface area contributed by atoms with Gasteiger partial charge in [-0.25, -0.2) is 0 Å². The van der Waals surface area contributed by atoms with Gasteiger partial charge >= 0.3 is 0 Å². The zero-order valence-corrected chi connectivity index (χ0v) is 14.7. The zero-order chi connectivity index (χ0) is 15.5. The van der Waals surface area contributed by atoms with Crippen molar-refractivity contribution in [2.75, 3.05) is 46.9 Å². The van der Waals surface area contributed by atoms with Crippen molar-refractivity contribution in [1.29, 1.82) is 0 Å². The van der Waals surface area contributed by atoms with Crippen LogP contribution in [0.4, 0.5) is 0 Å². The Hall–Kier alpha value is -0.160. The van der Waals surface area contributed by atoms with Crippen LogP contribution >= 0.6 is 0 Å². The Labute approximate surface area is 131 Å². The molecule has 2 fully saturated rings. The average molecular weight is 297 g/mol. The monoisotopic (exact) mass is 297 g/mol. The molecule has 2 rings (SSSR count). The van der Waals surface area contributed by atoms with Gasteiger partial charge in [-0.1, -0.05) is 0 Å². The summed E-state index contributed by atoms with van der Waals surface area (Å²) in [6.45, 7) is 12.3. The molecule has 0 saturated carbocycles. The zero-order valence-electron chi connectivity index (χ0n) is 14.7. The van der Waals surface area contributed by atoms with Crippen LogP contribution in [0.3, 0.4) is 0 Å². The third kappa shape index (κ3) is 4.92. The summed E-state index contributed by atoms with van der Waals surface area (Å²) in [5.41, 5.74) is 0.176. The number of rotatable bonds is 5. The van der Waals surface area contributed by atoms with Gasteiger partial charge in [0.05, 0.1) is 6.61 Å². The maximum Gasteiger partial charge on any atom is 0.0630 e. The van der Waals surface area contributed by atoms with E-state index in [0.717, 1.165) is 25.1 Å². The van der Waals surface area contributed by atoms with E-state index in [0.29, 0.717) is 6.04 Å². The van der Waals surface area contributed by atoms with Gasteiger partial charge in [-0.3, -0.25) is 4.90 Å². The van der Waals surface area contributed by atoms with Crippen molar-refractivity contribution in [2.45, 2.75) is 57.7 Å². The van der Waals surface area contributed by atoms with Crippen molar-refractivity contribution >= 4 is 0 Å². The molecule has 2 aliphatic rings. The number of ether oxygens (including phenoxy) is 1. The lowest BCUT2D eigenvalue weighted by Crippen LogP contribution is -2.58. The number of hydrogen-bond donors (Lipinski definition) is 1. The molecule has 0 spiro atoms. The lowest BCUT2D eigenvalue weighted by atomic mass is 9.83. The number of nitrogens with one attached hydrogen (secondary N) is 1. The second-order valence-electron chi connectivity index (χ2n) is 7.97. The highest BCUT2D eigenvalue weighted by Crippen LogP contribution is 2.30. The second-order valence-corrected chi connectivity index (χ2v) is 7.97. The number of nitrogens with zero attached hydrogens (tertiary/aromatic N) is 2. The molecule has 0 radical (unpaired) electrons. The number of hydrogen-bond acceptors (Lipinski definition) is 4. The molecular weight excluding hydrogens is 262 g/mol. The number of methoxy groups -OCH3 is 1. The van der Waals surface area contributed by atoms with Crippen LogP contribution in [0.2, 0.25) is 0 Å². The van der Waals surface area contributed by atoms with Crippen molar-refractivity contribution in [3.8, 4) is 0 Å². The highest BCUT2D eigenvalue weighted by atomic mass is 16.5. The molecule has 2 aliphatic heterocycles. The number of fused-ring (bicyclic) bond motifs is 1. The highest BCUT2D eigenvalue weighted by Gasteiger charge is 2.36. The first-order valence-corrected chi connectivity index (χ1v) is 8.59. The molecule has 0 aromatic carbocycles. The molecule has 3 unspecified atom stereocenters. The third-order valence-corrected chi connectivity index (χ3v) is 5.12. The Bertz CT molecular complexity index is 316. The van der Waals surface area contributed by atoms with Crippen LogP contribution in [0.1, 0.15) is 40.0 Å². The SMILES string of the molecule is COCC(CNC(C)(C)C)N1CCC2C(CCCN2C)C1. The van der Waals surface area contributed by atoms with E-state index < -0.39 is 0 Å². The topological polar surface area (TPSA) is 27.7 Å². The molecule has 0 aliphatic carbocycles. The van der Waals surface area contributed by atoms with Gasteiger partial charge in [0.25, 0.3) is 0 Å². The van der Waals surface area contributed by atoms with Crippen LogP contribution in [0.5, 0.6) is 0 Å². The maximum atomic E-state index is 5.49. The van der Waals surface area contributed by atoms with Crippen LogP contribution in [0, 0.1) is 5.92 Å². The fourth-order valence-corrected chi connectivity index (χ4v) is 3.92. The van der Waals surface area contributed by atoms with E-state index in [1.54, 1.807) is 0 Å². The van der Waals surface area contributed by atoms with Crippen molar-refractivity contribution in [1.82, 2.24) is 15.1 Å². The highest BCUT2D eigenvalue weighted by molar-refractivity contribution is 4.92. The molecule has 0 aromatic rings. The number of likely N-dealkylation sites (tertiary alicyclic amines) is 2. The molecule has 4 heteroatoms.